The van der Waals surface area contributed by atoms with Crippen molar-refractivity contribution >= 4 is 0 Å². The lowest BCUT2D eigenvalue weighted by Crippen LogP contribution is -2.47. The highest BCUT2D eigenvalue weighted by Gasteiger charge is 2.63. The van der Waals surface area contributed by atoms with Gasteiger partial charge < -0.3 is 18.9 Å². The summed E-state index contributed by atoms with van der Waals surface area (Å²) < 4.78 is 24.4. The normalized spacial score (nSPS) is 40.9. The summed E-state index contributed by atoms with van der Waals surface area (Å²) in [5.41, 5.74) is 9.59. The molecule has 4 saturated heterocycles. The van der Waals surface area contributed by atoms with E-state index in [2.05, 4.69) is 36.4 Å². The first-order valence-corrected chi connectivity index (χ1v) is 12.2. The summed E-state index contributed by atoms with van der Waals surface area (Å²) in [6, 6.07) is 14.0. The first-order chi connectivity index (χ1) is 15.7. The van der Waals surface area contributed by atoms with E-state index in [4.69, 9.17) is 18.9 Å². The molecule has 4 aliphatic heterocycles. The van der Waals surface area contributed by atoms with Gasteiger partial charge in [-0.1, -0.05) is 36.4 Å². The third-order valence-electron chi connectivity index (χ3n) is 10.2. The first-order valence-electron chi connectivity index (χ1n) is 12.2. The van der Waals surface area contributed by atoms with Crippen molar-refractivity contribution in [1.82, 2.24) is 0 Å². The monoisotopic (exact) mass is 430 g/mol. The Hall–Kier alpha value is -1.72. The van der Waals surface area contributed by atoms with Crippen LogP contribution in [0.15, 0.2) is 36.4 Å². The van der Waals surface area contributed by atoms with Gasteiger partial charge in [0.05, 0.1) is 52.9 Å². The van der Waals surface area contributed by atoms with E-state index in [0.29, 0.717) is 0 Å². The summed E-state index contributed by atoms with van der Waals surface area (Å²) in [5, 5.41) is 0. The molecular weight excluding hydrogens is 400 g/mol. The molecule has 0 radical (unpaired) electrons. The van der Waals surface area contributed by atoms with Crippen molar-refractivity contribution in [3.63, 3.8) is 0 Å². The zero-order chi connectivity index (χ0) is 21.0. The lowest BCUT2D eigenvalue weighted by Gasteiger charge is -2.44. The summed E-state index contributed by atoms with van der Waals surface area (Å²) in [6.45, 7) is 6.76. The van der Waals surface area contributed by atoms with E-state index >= 15 is 0 Å². The fourth-order valence-corrected chi connectivity index (χ4v) is 8.25. The van der Waals surface area contributed by atoms with Crippen LogP contribution in [-0.4, -0.2) is 52.9 Å². The molecule has 4 heteroatoms. The summed E-state index contributed by atoms with van der Waals surface area (Å²) in [5.74, 6) is 0. The summed E-state index contributed by atoms with van der Waals surface area (Å²) in [7, 11) is 0. The molecule has 0 N–H and O–H groups in total. The molecule has 4 nitrogen and oxygen atoms in total. The van der Waals surface area contributed by atoms with Gasteiger partial charge in [-0.15, -0.1) is 0 Å². The Labute approximate surface area is 189 Å². The van der Waals surface area contributed by atoms with Gasteiger partial charge in [0, 0.05) is 21.7 Å². The minimum Gasteiger partial charge on any atom is -0.380 e. The molecule has 0 atom stereocenters. The van der Waals surface area contributed by atoms with Gasteiger partial charge >= 0.3 is 0 Å². The molecule has 166 valence electrons. The maximum Gasteiger partial charge on any atom is 0.0555 e. The molecule has 0 unspecified atom stereocenters. The summed E-state index contributed by atoms with van der Waals surface area (Å²) in [4.78, 5) is 0. The summed E-state index contributed by atoms with van der Waals surface area (Å²) in [6.07, 6.45) is 4.31. The average Bonchev–Trinajstić information content (AvgIpc) is 3.50. The van der Waals surface area contributed by atoms with Gasteiger partial charge in [-0.3, -0.25) is 0 Å². The van der Waals surface area contributed by atoms with E-state index in [9.17, 15) is 0 Å². The first kappa shape index (κ1) is 18.7. The van der Waals surface area contributed by atoms with E-state index < -0.39 is 0 Å². The minimum absolute atomic E-state index is 0.150. The van der Waals surface area contributed by atoms with Crippen LogP contribution in [0.4, 0.5) is 0 Å². The fraction of sp³-hybridized carbons (Fsp3) is 0.571. The fourth-order valence-electron chi connectivity index (χ4n) is 8.25. The Bertz CT molecular complexity index is 1020. The van der Waals surface area contributed by atoms with Crippen molar-refractivity contribution in [1.29, 1.82) is 0 Å². The van der Waals surface area contributed by atoms with Crippen LogP contribution in [0.3, 0.4) is 0 Å². The molecule has 2 aliphatic carbocycles. The minimum atomic E-state index is 0.150. The second-order valence-corrected chi connectivity index (χ2v) is 11.7. The van der Waals surface area contributed by atoms with Gasteiger partial charge in [-0.2, -0.15) is 0 Å². The standard InChI is InChI=1S/C28H30O4/c1-3-19-7-25-11-29-15-27(25,16-30-12-25)9-23(19)21(5-1)22-6-2-4-20-8-26-13-31-17-28(26,10-24(20)22)18-32-14-26/h1-6H,7-18H2. The lowest BCUT2D eigenvalue weighted by atomic mass is 9.56. The van der Waals surface area contributed by atoms with Gasteiger partial charge in [-0.25, -0.2) is 0 Å². The highest BCUT2D eigenvalue weighted by Crippen LogP contribution is 2.60. The SMILES string of the molecule is c1cc2c(c(-c3cccc4c3CC35COCC3(COC5)C4)c1)CC13COCC1(COC3)C2. The van der Waals surface area contributed by atoms with Crippen LogP contribution in [-0.2, 0) is 44.6 Å². The molecule has 0 spiro atoms. The number of ether oxygens (including phenoxy) is 4. The van der Waals surface area contributed by atoms with E-state index in [1.165, 1.54) is 33.4 Å². The van der Waals surface area contributed by atoms with E-state index in [1.807, 2.05) is 0 Å². The maximum atomic E-state index is 6.09. The van der Waals surface area contributed by atoms with Crippen LogP contribution in [0.25, 0.3) is 11.1 Å². The van der Waals surface area contributed by atoms with Crippen molar-refractivity contribution in [2.45, 2.75) is 25.7 Å². The molecule has 8 rings (SSSR count). The van der Waals surface area contributed by atoms with Crippen molar-refractivity contribution in [2.24, 2.45) is 21.7 Å². The third kappa shape index (κ3) is 2.09. The second kappa shape index (κ2) is 6.04. The van der Waals surface area contributed by atoms with E-state index in [-0.39, 0.29) is 21.7 Å². The zero-order valence-corrected chi connectivity index (χ0v) is 18.6. The number of benzene rings is 2. The number of fused-ring (bicyclic) bond motifs is 2. The molecule has 0 aromatic heterocycles. The Balaban J connectivity index is 1.28. The topological polar surface area (TPSA) is 36.9 Å². The molecule has 32 heavy (non-hydrogen) atoms. The predicted molar refractivity (Wildman–Crippen MR) is 120 cm³/mol. The second-order valence-electron chi connectivity index (χ2n) is 11.7. The molecular formula is C28H30O4. The van der Waals surface area contributed by atoms with Crippen LogP contribution in [0.5, 0.6) is 0 Å². The Kier molecular flexibility index (Phi) is 3.52. The number of hydrogen-bond donors (Lipinski definition) is 0. The molecule has 4 heterocycles. The van der Waals surface area contributed by atoms with Crippen molar-refractivity contribution in [2.75, 3.05) is 52.9 Å². The van der Waals surface area contributed by atoms with Gasteiger partial charge in [-0.05, 0) is 59.1 Å². The van der Waals surface area contributed by atoms with Gasteiger partial charge in [0.15, 0.2) is 0 Å². The smallest absolute Gasteiger partial charge is 0.0555 e. The van der Waals surface area contributed by atoms with Crippen molar-refractivity contribution < 1.29 is 18.9 Å². The Morgan fingerprint density at radius 1 is 0.438 bits per heavy atom. The maximum absolute atomic E-state index is 6.09. The van der Waals surface area contributed by atoms with Crippen LogP contribution in [0, 0.1) is 21.7 Å². The van der Waals surface area contributed by atoms with Crippen LogP contribution in [0.1, 0.15) is 22.3 Å². The Morgan fingerprint density at radius 3 is 1.16 bits per heavy atom. The third-order valence-corrected chi connectivity index (χ3v) is 10.2. The average molecular weight is 431 g/mol. The van der Waals surface area contributed by atoms with Crippen LogP contribution < -0.4 is 0 Å². The summed E-state index contributed by atoms with van der Waals surface area (Å²) >= 11 is 0. The highest BCUT2D eigenvalue weighted by atomic mass is 16.5. The molecule has 6 aliphatic rings. The zero-order valence-electron chi connectivity index (χ0n) is 18.6. The van der Waals surface area contributed by atoms with Gasteiger partial charge in [0.1, 0.15) is 0 Å². The van der Waals surface area contributed by atoms with Gasteiger partial charge in [0.25, 0.3) is 0 Å². The van der Waals surface area contributed by atoms with Crippen LogP contribution in [0.2, 0.25) is 0 Å². The van der Waals surface area contributed by atoms with Crippen molar-refractivity contribution in [3.05, 3.63) is 58.7 Å². The van der Waals surface area contributed by atoms with E-state index in [0.717, 1.165) is 78.5 Å². The molecule has 4 fully saturated rings. The quantitative estimate of drug-likeness (QED) is 0.693. The van der Waals surface area contributed by atoms with E-state index in [1.54, 1.807) is 0 Å². The molecule has 2 aromatic carbocycles. The number of hydrogen-bond acceptors (Lipinski definition) is 4. The predicted octanol–water partition coefficient (Wildman–Crippen LogP) is 3.62. The Morgan fingerprint density at radius 2 is 0.781 bits per heavy atom. The molecule has 0 amide bonds. The molecule has 2 aromatic rings. The molecule has 0 saturated carbocycles. The highest BCUT2D eigenvalue weighted by molar-refractivity contribution is 5.74. The van der Waals surface area contributed by atoms with Crippen molar-refractivity contribution in [3.8, 4) is 11.1 Å². The van der Waals surface area contributed by atoms with Crippen LogP contribution >= 0.6 is 0 Å². The molecule has 0 bridgehead atoms. The lowest BCUT2D eigenvalue weighted by molar-refractivity contribution is 0.0778. The largest absolute Gasteiger partial charge is 0.380 e. The number of rotatable bonds is 1. The van der Waals surface area contributed by atoms with Gasteiger partial charge in [0.2, 0.25) is 0 Å².